The highest BCUT2D eigenvalue weighted by Gasteiger charge is 2.25. The molecule has 0 radical (unpaired) electrons. The zero-order chi connectivity index (χ0) is 11.6. The van der Waals surface area contributed by atoms with E-state index in [0.29, 0.717) is 0 Å². The summed E-state index contributed by atoms with van der Waals surface area (Å²) in [5, 5.41) is 10.7. The van der Waals surface area contributed by atoms with E-state index in [1.807, 2.05) is 0 Å². The van der Waals surface area contributed by atoms with Crippen LogP contribution in [0.3, 0.4) is 0 Å². The number of hydrogen-bond donors (Lipinski definition) is 0. The molecule has 0 aliphatic rings. The number of halogens is 4. The quantitative estimate of drug-likeness (QED) is 0.260. The Morgan fingerprint density at radius 3 is 2.67 bits per heavy atom. The number of pyridine rings is 1. The summed E-state index contributed by atoms with van der Waals surface area (Å²) in [6.45, 7) is 0. The number of hydrogen-bond acceptors (Lipinski definition) is 3. The van der Waals surface area contributed by atoms with Gasteiger partial charge in [-0.3, -0.25) is 10.1 Å². The third-order valence-corrected chi connectivity index (χ3v) is 3.05. The monoisotopic (exact) mass is 392 g/mol. The van der Waals surface area contributed by atoms with Gasteiger partial charge in [0.25, 0.3) is 6.43 Å². The zero-order valence-electron chi connectivity index (χ0n) is 7.08. The molecule has 0 spiro atoms. The molecular weight excluding hydrogens is 389 g/mol. The average molecular weight is 393 g/mol. The minimum atomic E-state index is -2.76. The van der Waals surface area contributed by atoms with E-state index in [0.717, 1.165) is 6.20 Å². The smallest absolute Gasteiger partial charge is 0.258 e. The molecule has 0 unspecified atom stereocenters. The van der Waals surface area contributed by atoms with Crippen molar-refractivity contribution in [1.82, 2.24) is 4.98 Å². The van der Waals surface area contributed by atoms with Gasteiger partial charge in [-0.05, 0) is 22.6 Å². The Kier molecular flexibility index (Phi) is 4.32. The highest BCUT2D eigenvalue weighted by atomic mass is 127. The van der Waals surface area contributed by atoms with Crippen LogP contribution in [0.4, 0.5) is 14.5 Å². The van der Waals surface area contributed by atoms with Crippen molar-refractivity contribution in [3.63, 3.8) is 0 Å². The largest absolute Gasteiger partial charge is 0.305 e. The molecule has 0 aliphatic heterocycles. The van der Waals surface area contributed by atoms with Gasteiger partial charge in [-0.2, -0.15) is 0 Å². The molecule has 1 aromatic heterocycles. The van der Waals surface area contributed by atoms with E-state index in [9.17, 15) is 18.9 Å². The fourth-order valence-electron chi connectivity index (χ4n) is 1.04. The molecule has 0 saturated heterocycles. The number of rotatable bonds is 3. The van der Waals surface area contributed by atoms with Gasteiger partial charge < -0.3 is 0 Å². The fourth-order valence-corrected chi connectivity index (χ4v) is 2.29. The summed E-state index contributed by atoms with van der Waals surface area (Å²) in [5.41, 5.74) is -0.779. The first-order chi connectivity index (χ1) is 6.99. The van der Waals surface area contributed by atoms with E-state index in [1.54, 1.807) is 22.6 Å². The van der Waals surface area contributed by atoms with Crippen molar-refractivity contribution in [1.29, 1.82) is 0 Å². The van der Waals surface area contributed by atoms with Crippen molar-refractivity contribution in [3.05, 3.63) is 31.1 Å². The second-order valence-corrected chi connectivity index (χ2v) is 4.11. The Labute approximate surface area is 105 Å². The molecule has 0 saturated carbocycles. The standard InChI is InChI=1S/C7H4BrF2IN2O2/c8-1-3-4(6(9)10)2-12-7(11)5(3)13(14)15/h2,6H,1H2. The molecule has 0 aromatic carbocycles. The lowest BCUT2D eigenvalue weighted by Gasteiger charge is -2.07. The minimum Gasteiger partial charge on any atom is -0.258 e. The normalized spacial score (nSPS) is 10.7. The first-order valence-corrected chi connectivity index (χ1v) is 5.84. The summed E-state index contributed by atoms with van der Waals surface area (Å²) < 4.78 is 25.1. The van der Waals surface area contributed by atoms with Crippen LogP contribution >= 0.6 is 38.5 Å². The molecule has 8 heteroatoms. The maximum atomic E-state index is 12.5. The van der Waals surface area contributed by atoms with E-state index in [2.05, 4.69) is 20.9 Å². The lowest BCUT2D eigenvalue weighted by atomic mass is 10.1. The number of alkyl halides is 3. The van der Waals surface area contributed by atoms with E-state index < -0.39 is 16.9 Å². The summed E-state index contributed by atoms with van der Waals surface area (Å²) in [7, 11) is 0. The van der Waals surface area contributed by atoms with Crippen LogP contribution in [0, 0.1) is 13.8 Å². The Balaban J connectivity index is 3.47. The van der Waals surface area contributed by atoms with Crippen LogP contribution in [0.15, 0.2) is 6.20 Å². The summed E-state index contributed by atoms with van der Waals surface area (Å²) in [6, 6.07) is 0. The van der Waals surface area contributed by atoms with Crippen molar-refractivity contribution < 1.29 is 13.7 Å². The van der Waals surface area contributed by atoms with E-state index in [-0.39, 0.29) is 20.3 Å². The molecule has 0 aliphatic carbocycles. The predicted octanol–water partition coefficient (Wildman–Crippen LogP) is 3.43. The molecule has 1 aromatic rings. The Bertz CT molecular complexity index is 403. The molecule has 0 amide bonds. The third-order valence-electron chi connectivity index (χ3n) is 1.70. The van der Waals surface area contributed by atoms with Crippen LogP contribution in [-0.4, -0.2) is 9.91 Å². The van der Waals surface area contributed by atoms with Gasteiger partial charge in [0.1, 0.15) is 0 Å². The molecule has 1 rings (SSSR count). The van der Waals surface area contributed by atoms with E-state index in [4.69, 9.17) is 0 Å². The second kappa shape index (κ2) is 5.10. The molecule has 4 nitrogen and oxygen atoms in total. The van der Waals surface area contributed by atoms with Crippen LogP contribution in [-0.2, 0) is 5.33 Å². The maximum Gasteiger partial charge on any atom is 0.305 e. The molecule has 1 heterocycles. The Hall–Kier alpha value is -0.380. The fraction of sp³-hybridized carbons (Fsp3) is 0.286. The number of nitro groups is 1. The Morgan fingerprint density at radius 2 is 2.27 bits per heavy atom. The van der Waals surface area contributed by atoms with Crippen LogP contribution < -0.4 is 0 Å². The predicted molar refractivity (Wildman–Crippen MR) is 61.2 cm³/mol. The van der Waals surface area contributed by atoms with Gasteiger partial charge in [-0.1, -0.05) is 15.9 Å². The molecule has 82 valence electrons. The molecule has 15 heavy (non-hydrogen) atoms. The van der Waals surface area contributed by atoms with Crippen molar-refractivity contribution in [2.45, 2.75) is 11.8 Å². The Morgan fingerprint density at radius 1 is 1.67 bits per heavy atom. The molecule has 0 fully saturated rings. The van der Waals surface area contributed by atoms with Gasteiger partial charge in [0, 0.05) is 17.1 Å². The van der Waals surface area contributed by atoms with Crippen molar-refractivity contribution >= 4 is 44.2 Å². The molecule has 0 bridgehead atoms. The summed E-state index contributed by atoms with van der Waals surface area (Å²) >= 11 is 4.61. The zero-order valence-corrected chi connectivity index (χ0v) is 10.8. The van der Waals surface area contributed by atoms with Gasteiger partial charge in [-0.15, -0.1) is 0 Å². The number of nitrogens with zero attached hydrogens (tertiary/aromatic N) is 2. The molecule has 0 N–H and O–H groups in total. The topological polar surface area (TPSA) is 56.0 Å². The highest BCUT2D eigenvalue weighted by Crippen LogP contribution is 2.33. The second-order valence-electron chi connectivity index (χ2n) is 2.52. The van der Waals surface area contributed by atoms with Gasteiger partial charge in [0.15, 0.2) is 3.70 Å². The van der Waals surface area contributed by atoms with Gasteiger partial charge in [-0.25, -0.2) is 13.8 Å². The molecule has 0 atom stereocenters. The van der Waals surface area contributed by atoms with Gasteiger partial charge in [0.05, 0.1) is 10.5 Å². The van der Waals surface area contributed by atoms with Crippen LogP contribution in [0.25, 0.3) is 0 Å². The SMILES string of the molecule is O=[N+]([O-])c1c(I)ncc(C(F)F)c1CBr. The lowest BCUT2D eigenvalue weighted by molar-refractivity contribution is -0.386. The van der Waals surface area contributed by atoms with Crippen LogP contribution in [0.2, 0.25) is 0 Å². The van der Waals surface area contributed by atoms with E-state index >= 15 is 0 Å². The van der Waals surface area contributed by atoms with E-state index in [1.165, 1.54) is 0 Å². The highest BCUT2D eigenvalue weighted by molar-refractivity contribution is 14.1. The number of aromatic nitrogens is 1. The van der Waals surface area contributed by atoms with Crippen molar-refractivity contribution in [2.75, 3.05) is 0 Å². The average Bonchev–Trinajstić information content (AvgIpc) is 2.15. The summed E-state index contributed by atoms with van der Waals surface area (Å²) in [4.78, 5) is 13.5. The lowest BCUT2D eigenvalue weighted by Crippen LogP contribution is -2.03. The third kappa shape index (κ3) is 2.60. The summed E-state index contributed by atoms with van der Waals surface area (Å²) in [5.74, 6) is 0. The van der Waals surface area contributed by atoms with Gasteiger partial charge >= 0.3 is 5.69 Å². The first-order valence-electron chi connectivity index (χ1n) is 3.64. The minimum absolute atomic E-state index is 0.00150. The van der Waals surface area contributed by atoms with Crippen LogP contribution in [0.1, 0.15) is 17.6 Å². The molecular formula is C7H4BrF2IN2O2. The maximum absolute atomic E-state index is 12.5. The van der Waals surface area contributed by atoms with Gasteiger partial charge in [0.2, 0.25) is 0 Å². The first kappa shape index (κ1) is 12.7. The summed E-state index contributed by atoms with van der Waals surface area (Å²) in [6.07, 6.45) is -1.79. The van der Waals surface area contributed by atoms with Crippen molar-refractivity contribution in [2.24, 2.45) is 0 Å². The van der Waals surface area contributed by atoms with Crippen molar-refractivity contribution in [3.8, 4) is 0 Å². The van der Waals surface area contributed by atoms with Crippen LogP contribution in [0.5, 0.6) is 0 Å².